The molecule has 0 bridgehead atoms. The first-order chi connectivity index (χ1) is 11.0. The fourth-order valence-electron chi connectivity index (χ4n) is 1.53. The van der Waals surface area contributed by atoms with E-state index in [0.29, 0.717) is 5.69 Å². The summed E-state index contributed by atoms with van der Waals surface area (Å²) in [6.07, 6.45) is -1.08. The second-order valence-corrected chi connectivity index (χ2v) is 7.88. The summed E-state index contributed by atoms with van der Waals surface area (Å²) in [6, 6.07) is 5.82. The first-order valence-electron chi connectivity index (χ1n) is 6.76. The van der Waals surface area contributed by atoms with Crippen LogP contribution in [0.25, 0.3) is 0 Å². The minimum atomic E-state index is -1.86. The van der Waals surface area contributed by atoms with Crippen molar-refractivity contribution in [3.05, 3.63) is 29.8 Å². The lowest BCUT2D eigenvalue weighted by molar-refractivity contribution is -0.255. The number of hydrogen-bond acceptors (Lipinski definition) is 4. The van der Waals surface area contributed by atoms with Crippen LogP contribution in [0.4, 0.5) is 5.69 Å². The Kier molecular flexibility index (Phi) is 7.54. The van der Waals surface area contributed by atoms with E-state index >= 15 is 0 Å². The Bertz CT molecular complexity index is 635. The van der Waals surface area contributed by atoms with Crippen molar-refractivity contribution in [1.29, 1.82) is 0 Å². The number of carboxylic acids is 1. The maximum Gasteiger partial charge on any atom is 0.228 e. The number of amides is 1. The number of thiocarbonyl (C=S) groups is 1. The average molecular weight is 412 g/mol. The molecular weight excluding hydrogens is 397 g/mol. The highest BCUT2D eigenvalue weighted by Crippen LogP contribution is 2.29. The van der Waals surface area contributed by atoms with Crippen LogP contribution in [-0.2, 0) is 4.79 Å². The van der Waals surface area contributed by atoms with Gasteiger partial charge in [-0.2, -0.15) is 0 Å². The molecule has 24 heavy (non-hydrogen) atoms. The van der Waals surface area contributed by atoms with Crippen molar-refractivity contribution in [2.75, 3.05) is 5.32 Å². The molecule has 0 unspecified atom stereocenters. The third-order valence-electron chi connectivity index (χ3n) is 2.77. The zero-order chi connectivity index (χ0) is 18.5. The molecule has 1 aromatic carbocycles. The fraction of sp³-hybridized carbons (Fsp3) is 0.357. The number of halogens is 3. The van der Waals surface area contributed by atoms with Gasteiger partial charge in [-0.05, 0) is 29.9 Å². The number of hydrogen-bond donors (Lipinski definition) is 3. The van der Waals surface area contributed by atoms with Crippen LogP contribution in [0.2, 0.25) is 0 Å². The molecule has 0 aliphatic carbocycles. The molecule has 10 heteroatoms. The Morgan fingerprint density at radius 1 is 1.21 bits per heavy atom. The summed E-state index contributed by atoms with van der Waals surface area (Å²) in [6.45, 7) is 3.37. The number of nitrogens with one attached hydrogen (secondary N) is 3. The van der Waals surface area contributed by atoms with Crippen LogP contribution in [-0.4, -0.2) is 26.9 Å². The van der Waals surface area contributed by atoms with E-state index in [0.717, 1.165) is 0 Å². The van der Waals surface area contributed by atoms with Crippen molar-refractivity contribution in [1.82, 2.24) is 10.6 Å². The topological polar surface area (TPSA) is 93.3 Å². The van der Waals surface area contributed by atoms with E-state index in [4.69, 9.17) is 47.0 Å². The predicted molar refractivity (Wildman–Crippen MR) is 97.2 cm³/mol. The molecule has 0 spiro atoms. The fourth-order valence-corrected chi connectivity index (χ4v) is 2.09. The summed E-state index contributed by atoms with van der Waals surface area (Å²) in [5.41, 5.74) is 0.376. The molecule has 0 saturated heterocycles. The number of carbonyl (C=O) groups excluding carboxylic acids is 2. The van der Waals surface area contributed by atoms with Crippen molar-refractivity contribution in [3.63, 3.8) is 0 Å². The number of aromatic carboxylic acids is 1. The van der Waals surface area contributed by atoms with Gasteiger partial charge >= 0.3 is 0 Å². The molecule has 0 heterocycles. The van der Waals surface area contributed by atoms with Gasteiger partial charge in [0.25, 0.3) is 0 Å². The molecule has 132 valence electrons. The van der Waals surface area contributed by atoms with Gasteiger partial charge in [-0.1, -0.05) is 60.8 Å². The normalized spacial score (nSPS) is 12.4. The van der Waals surface area contributed by atoms with E-state index in [1.165, 1.54) is 18.2 Å². The molecule has 0 aromatic heterocycles. The third-order valence-corrected chi connectivity index (χ3v) is 3.64. The van der Waals surface area contributed by atoms with E-state index in [9.17, 15) is 14.7 Å². The second kappa shape index (κ2) is 8.71. The van der Waals surface area contributed by atoms with Crippen molar-refractivity contribution >= 4 is 69.7 Å². The third kappa shape index (κ3) is 6.68. The number of carbonyl (C=O) groups is 2. The molecule has 0 saturated carbocycles. The minimum Gasteiger partial charge on any atom is -0.545 e. The summed E-state index contributed by atoms with van der Waals surface area (Å²) in [4.78, 5) is 22.6. The quantitative estimate of drug-likeness (QED) is 0.389. The lowest BCUT2D eigenvalue weighted by atomic mass is 10.2. The molecule has 6 nitrogen and oxygen atoms in total. The maximum absolute atomic E-state index is 11.8. The molecule has 0 fully saturated rings. The zero-order valence-electron chi connectivity index (χ0n) is 12.7. The van der Waals surface area contributed by atoms with Crippen LogP contribution in [0.15, 0.2) is 24.3 Å². The van der Waals surface area contributed by atoms with Gasteiger partial charge in [-0.25, -0.2) is 0 Å². The lowest BCUT2D eigenvalue weighted by Crippen LogP contribution is -2.56. The number of benzene rings is 1. The Hall–Kier alpha value is -1.28. The monoisotopic (exact) mass is 410 g/mol. The highest BCUT2D eigenvalue weighted by atomic mass is 35.6. The highest BCUT2D eigenvalue weighted by molar-refractivity contribution is 7.80. The largest absolute Gasteiger partial charge is 0.545 e. The van der Waals surface area contributed by atoms with Gasteiger partial charge in [0.15, 0.2) is 5.11 Å². The maximum atomic E-state index is 11.8. The van der Waals surface area contributed by atoms with Crippen LogP contribution < -0.4 is 21.1 Å². The summed E-state index contributed by atoms with van der Waals surface area (Å²) >= 11 is 22.6. The Morgan fingerprint density at radius 2 is 1.83 bits per heavy atom. The summed E-state index contributed by atoms with van der Waals surface area (Å²) < 4.78 is -1.86. The van der Waals surface area contributed by atoms with Gasteiger partial charge in [-0.3, -0.25) is 4.79 Å². The van der Waals surface area contributed by atoms with Crippen LogP contribution >= 0.6 is 47.0 Å². The smallest absolute Gasteiger partial charge is 0.228 e. The van der Waals surface area contributed by atoms with Gasteiger partial charge in [-0.15, -0.1) is 0 Å². The molecule has 1 aromatic rings. The van der Waals surface area contributed by atoms with Crippen LogP contribution in [0.3, 0.4) is 0 Å². The summed E-state index contributed by atoms with van der Waals surface area (Å²) in [5, 5.41) is 18.8. The van der Waals surface area contributed by atoms with Crippen molar-refractivity contribution in [3.8, 4) is 0 Å². The minimum absolute atomic E-state index is 0.0196. The molecule has 0 aliphatic rings. The predicted octanol–water partition coefficient (Wildman–Crippen LogP) is 1.80. The summed E-state index contributed by atoms with van der Waals surface area (Å²) in [7, 11) is 0. The standard InChI is InChI=1S/C14H16Cl3N3O3S/c1-7(2)10(21)19-12(14(15,16)17)20-13(24)18-9-5-3-4-8(6-9)11(22)23/h3-7,12H,1-2H3,(H,19,21)(H,22,23)(H2,18,20,24)/p-1/t12-/m1/s1. The van der Waals surface area contributed by atoms with E-state index in [-0.39, 0.29) is 22.5 Å². The first-order valence-corrected chi connectivity index (χ1v) is 8.31. The molecule has 3 N–H and O–H groups in total. The number of carboxylic acid groups (broad SMARTS) is 1. The SMILES string of the molecule is CC(C)C(=O)N[C@H](NC(=S)Nc1cccc(C(=O)[O-])c1)C(Cl)(Cl)Cl. The van der Waals surface area contributed by atoms with Gasteiger partial charge < -0.3 is 25.9 Å². The Balaban J connectivity index is 2.80. The van der Waals surface area contributed by atoms with Gasteiger partial charge in [0.2, 0.25) is 9.70 Å². The Morgan fingerprint density at radius 3 is 2.33 bits per heavy atom. The molecule has 1 rings (SSSR count). The van der Waals surface area contributed by atoms with Crippen molar-refractivity contribution < 1.29 is 14.7 Å². The molecule has 0 aliphatic heterocycles. The number of rotatable bonds is 5. The molecule has 0 radical (unpaired) electrons. The van der Waals surface area contributed by atoms with E-state index in [1.807, 2.05) is 0 Å². The van der Waals surface area contributed by atoms with Gasteiger partial charge in [0.1, 0.15) is 6.17 Å². The van der Waals surface area contributed by atoms with Crippen molar-refractivity contribution in [2.45, 2.75) is 23.8 Å². The number of anilines is 1. The summed E-state index contributed by atoms with van der Waals surface area (Å²) in [5.74, 6) is -1.97. The van der Waals surface area contributed by atoms with Crippen LogP contribution in [0.1, 0.15) is 24.2 Å². The van der Waals surface area contributed by atoms with Crippen LogP contribution in [0, 0.1) is 5.92 Å². The van der Waals surface area contributed by atoms with Crippen LogP contribution in [0.5, 0.6) is 0 Å². The first kappa shape index (κ1) is 20.8. The molecule has 1 atom stereocenters. The highest BCUT2D eigenvalue weighted by Gasteiger charge is 2.35. The van der Waals surface area contributed by atoms with Gasteiger partial charge in [0, 0.05) is 11.6 Å². The van der Waals surface area contributed by atoms with E-state index in [2.05, 4.69) is 16.0 Å². The lowest BCUT2D eigenvalue weighted by Gasteiger charge is -2.28. The Labute approximate surface area is 159 Å². The average Bonchev–Trinajstić information content (AvgIpc) is 2.45. The molecule has 1 amide bonds. The van der Waals surface area contributed by atoms with Gasteiger partial charge in [0.05, 0.1) is 5.97 Å². The van der Waals surface area contributed by atoms with E-state index in [1.54, 1.807) is 19.9 Å². The van der Waals surface area contributed by atoms with E-state index < -0.39 is 15.9 Å². The van der Waals surface area contributed by atoms with Crippen molar-refractivity contribution in [2.24, 2.45) is 5.92 Å². The number of alkyl halides is 3. The zero-order valence-corrected chi connectivity index (χ0v) is 15.8. The second-order valence-electron chi connectivity index (χ2n) is 5.10. The molecular formula is C14H15Cl3N3O3S-.